The quantitative estimate of drug-likeness (QED) is 0.690. The molecule has 0 radical (unpaired) electrons. The molecule has 5 nitrogen and oxygen atoms in total. The van der Waals surface area contributed by atoms with E-state index >= 15 is 0 Å². The van der Waals surface area contributed by atoms with Crippen molar-refractivity contribution in [1.29, 1.82) is 0 Å². The van der Waals surface area contributed by atoms with Crippen molar-refractivity contribution in [3.63, 3.8) is 0 Å². The van der Waals surface area contributed by atoms with E-state index in [4.69, 9.17) is 0 Å². The van der Waals surface area contributed by atoms with E-state index in [1.165, 1.54) is 11.9 Å². The van der Waals surface area contributed by atoms with E-state index in [2.05, 4.69) is 21.5 Å². The third kappa shape index (κ3) is 3.71. The Hall–Kier alpha value is -2.47. The van der Waals surface area contributed by atoms with Crippen LogP contribution in [-0.4, -0.2) is 32.6 Å². The van der Waals surface area contributed by atoms with E-state index in [1.54, 1.807) is 22.3 Å². The molecule has 0 saturated carbocycles. The molecule has 0 bridgehead atoms. The van der Waals surface area contributed by atoms with E-state index in [1.807, 2.05) is 48.5 Å². The van der Waals surface area contributed by atoms with Gasteiger partial charge in [0.05, 0.1) is 11.7 Å². The van der Waals surface area contributed by atoms with Crippen molar-refractivity contribution in [2.45, 2.75) is 25.8 Å². The van der Waals surface area contributed by atoms with Crippen molar-refractivity contribution < 1.29 is 4.79 Å². The lowest BCUT2D eigenvalue weighted by molar-refractivity contribution is -0.131. The summed E-state index contributed by atoms with van der Waals surface area (Å²) < 4.78 is 1.71. The minimum absolute atomic E-state index is 0.0322. The Bertz CT molecular complexity index is 766. The normalized spacial score (nSPS) is 12.1. The molecule has 0 aliphatic carbocycles. The Balaban J connectivity index is 1.62. The topological polar surface area (TPSA) is 51.0 Å². The van der Waals surface area contributed by atoms with Crippen LogP contribution in [0.25, 0.3) is 5.69 Å². The summed E-state index contributed by atoms with van der Waals surface area (Å²) in [4.78, 5) is 18.2. The number of nitrogens with zero attached hydrogens (tertiary/aromatic N) is 4. The van der Waals surface area contributed by atoms with Crippen molar-refractivity contribution >= 4 is 17.2 Å². The average molecular weight is 340 g/mol. The van der Waals surface area contributed by atoms with Crippen molar-refractivity contribution in [2.75, 3.05) is 7.05 Å². The zero-order valence-corrected chi connectivity index (χ0v) is 14.6. The van der Waals surface area contributed by atoms with Gasteiger partial charge in [-0.05, 0) is 53.4 Å². The van der Waals surface area contributed by atoms with Crippen LogP contribution in [0.5, 0.6) is 0 Å². The molecule has 3 aromatic rings. The van der Waals surface area contributed by atoms with Gasteiger partial charge >= 0.3 is 0 Å². The fraction of sp³-hybridized carbons (Fsp3) is 0.278. The first kappa shape index (κ1) is 16.4. The van der Waals surface area contributed by atoms with Gasteiger partial charge < -0.3 is 4.90 Å². The SMILES string of the molecule is CC(c1ccc(-n2cncn2)cc1)N(C)C(=O)CCc1ccsc1. The third-order valence-electron chi connectivity index (χ3n) is 4.24. The van der Waals surface area contributed by atoms with Gasteiger partial charge in [-0.3, -0.25) is 4.79 Å². The minimum Gasteiger partial charge on any atom is -0.339 e. The highest BCUT2D eigenvalue weighted by atomic mass is 32.1. The number of carbonyl (C=O) groups is 1. The maximum absolute atomic E-state index is 12.4. The highest BCUT2D eigenvalue weighted by Gasteiger charge is 2.17. The number of rotatable bonds is 6. The molecule has 1 amide bonds. The number of benzene rings is 1. The molecule has 0 spiro atoms. The maximum atomic E-state index is 12.4. The number of aromatic nitrogens is 3. The summed E-state index contributed by atoms with van der Waals surface area (Å²) >= 11 is 1.67. The Kier molecular flexibility index (Phi) is 5.05. The van der Waals surface area contributed by atoms with Gasteiger partial charge in [0.2, 0.25) is 5.91 Å². The summed E-state index contributed by atoms with van der Waals surface area (Å²) in [5, 5.41) is 8.26. The van der Waals surface area contributed by atoms with Gasteiger partial charge in [-0.25, -0.2) is 9.67 Å². The molecule has 1 aromatic carbocycles. The molecule has 1 unspecified atom stereocenters. The zero-order chi connectivity index (χ0) is 16.9. The Morgan fingerprint density at radius 2 is 2.08 bits per heavy atom. The van der Waals surface area contributed by atoms with Crippen molar-refractivity contribution in [3.8, 4) is 5.69 Å². The van der Waals surface area contributed by atoms with E-state index in [0.29, 0.717) is 6.42 Å². The van der Waals surface area contributed by atoms with Crippen LogP contribution in [0.4, 0.5) is 0 Å². The largest absolute Gasteiger partial charge is 0.339 e. The Morgan fingerprint density at radius 1 is 1.29 bits per heavy atom. The van der Waals surface area contributed by atoms with Crippen molar-refractivity contribution in [2.24, 2.45) is 0 Å². The molecule has 2 aromatic heterocycles. The molecular weight excluding hydrogens is 320 g/mol. The average Bonchev–Trinajstić information content (AvgIpc) is 3.32. The molecule has 6 heteroatoms. The number of thiophene rings is 1. The first-order valence-corrected chi connectivity index (χ1v) is 8.81. The number of aryl methyl sites for hydroxylation is 1. The van der Waals surface area contributed by atoms with Gasteiger partial charge in [-0.2, -0.15) is 16.4 Å². The maximum Gasteiger partial charge on any atom is 0.223 e. The Labute approximate surface area is 145 Å². The van der Waals surface area contributed by atoms with E-state index in [-0.39, 0.29) is 11.9 Å². The lowest BCUT2D eigenvalue weighted by atomic mass is 10.1. The van der Waals surface area contributed by atoms with Gasteiger partial charge in [0.25, 0.3) is 0 Å². The molecule has 124 valence electrons. The lowest BCUT2D eigenvalue weighted by Crippen LogP contribution is -2.29. The molecule has 3 rings (SSSR count). The summed E-state index contributed by atoms with van der Waals surface area (Å²) in [7, 11) is 1.87. The highest BCUT2D eigenvalue weighted by molar-refractivity contribution is 7.07. The summed E-state index contributed by atoms with van der Waals surface area (Å²) in [5.74, 6) is 0.161. The van der Waals surface area contributed by atoms with Crippen LogP contribution < -0.4 is 0 Å². The zero-order valence-electron chi connectivity index (χ0n) is 13.8. The lowest BCUT2D eigenvalue weighted by Gasteiger charge is -2.25. The van der Waals surface area contributed by atoms with Crippen LogP contribution in [0, 0.1) is 0 Å². The smallest absolute Gasteiger partial charge is 0.223 e. The van der Waals surface area contributed by atoms with Crippen LogP contribution in [0.15, 0.2) is 53.7 Å². The Morgan fingerprint density at radius 3 is 2.71 bits per heavy atom. The van der Waals surface area contributed by atoms with E-state index < -0.39 is 0 Å². The second kappa shape index (κ2) is 7.40. The number of hydrogen-bond acceptors (Lipinski definition) is 4. The molecule has 0 N–H and O–H groups in total. The predicted octanol–water partition coefficient (Wildman–Crippen LogP) is 3.48. The van der Waals surface area contributed by atoms with Crippen LogP contribution in [0.2, 0.25) is 0 Å². The molecule has 0 saturated heterocycles. The fourth-order valence-electron chi connectivity index (χ4n) is 2.55. The predicted molar refractivity (Wildman–Crippen MR) is 95.2 cm³/mol. The van der Waals surface area contributed by atoms with Gasteiger partial charge in [-0.1, -0.05) is 12.1 Å². The first-order chi connectivity index (χ1) is 11.6. The minimum atomic E-state index is 0.0322. The number of amides is 1. The standard InChI is InChI=1S/C18H20N4OS/c1-14(21(2)18(23)8-3-15-9-10-24-11-15)16-4-6-17(7-5-16)22-13-19-12-20-22/h4-7,9-14H,3,8H2,1-2H3. The van der Waals surface area contributed by atoms with Crippen LogP contribution in [0.3, 0.4) is 0 Å². The molecule has 0 aliphatic heterocycles. The van der Waals surface area contributed by atoms with Crippen molar-refractivity contribution in [3.05, 3.63) is 64.9 Å². The van der Waals surface area contributed by atoms with Gasteiger partial charge in [0, 0.05) is 13.5 Å². The molecular formula is C18H20N4OS. The van der Waals surface area contributed by atoms with Crippen LogP contribution in [-0.2, 0) is 11.2 Å². The highest BCUT2D eigenvalue weighted by Crippen LogP contribution is 2.21. The summed E-state index contributed by atoms with van der Waals surface area (Å²) in [5.41, 5.74) is 3.28. The van der Waals surface area contributed by atoms with Crippen molar-refractivity contribution in [1.82, 2.24) is 19.7 Å². The summed E-state index contributed by atoms with van der Waals surface area (Å²) in [6.07, 6.45) is 4.51. The molecule has 24 heavy (non-hydrogen) atoms. The fourth-order valence-corrected chi connectivity index (χ4v) is 3.25. The second-order valence-corrected chi connectivity index (χ2v) is 6.52. The molecule has 2 heterocycles. The van der Waals surface area contributed by atoms with E-state index in [0.717, 1.165) is 17.7 Å². The number of carbonyl (C=O) groups excluding carboxylic acids is 1. The monoisotopic (exact) mass is 340 g/mol. The van der Waals surface area contributed by atoms with Gasteiger partial charge in [0.15, 0.2) is 0 Å². The summed E-state index contributed by atoms with van der Waals surface area (Å²) in [6.45, 7) is 2.05. The van der Waals surface area contributed by atoms with Gasteiger partial charge in [0.1, 0.15) is 12.7 Å². The molecule has 0 fully saturated rings. The summed E-state index contributed by atoms with van der Waals surface area (Å²) in [6, 6.07) is 10.2. The second-order valence-electron chi connectivity index (χ2n) is 5.74. The molecule has 1 atom stereocenters. The van der Waals surface area contributed by atoms with E-state index in [9.17, 15) is 4.79 Å². The van der Waals surface area contributed by atoms with Crippen LogP contribution >= 0.6 is 11.3 Å². The number of hydrogen-bond donors (Lipinski definition) is 0. The first-order valence-electron chi connectivity index (χ1n) is 7.87. The van der Waals surface area contributed by atoms with Gasteiger partial charge in [-0.15, -0.1) is 0 Å². The third-order valence-corrected chi connectivity index (χ3v) is 4.97. The van der Waals surface area contributed by atoms with Crippen LogP contribution in [0.1, 0.15) is 30.5 Å². The molecule has 0 aliphatic rings.